The predicted octanol–water partition coefficient (Wildman–Crippen LogP) is 2.79. The van der Waals surface area contributed by atoms with Crippen LogP contribution >= 0.6 is 0 Å². The summed E-state index contributed by atoms with van der Waals surface area (Å²) in [7, 11) is 0. The van der Waals surface area contributed by atoms with E-state index in [2.05, 4.69) is 47.6 Å². The molecule has 1 aromatic carbocycles. The first kappa shape index (κ1) is 13.5. The number of pyridine rings is 1. The minimum absolute atomic E-state index is 0.108. The molecule has 21 heavy (non-hydrogen) atoms. The lowest BCUT2D eigenvalue weighted by Gasteiger charge is -2.28. The molecule has 1 aliphatic rings. The van der Waals surface area contributed by atoms with Gasteiger partial charge in [0, 0.05) is 18.0 Å². The van der Waals surface area contributed by atoms with Crippen LogP contribution in [-0.2, 0) is 6.42 Å². The van der Waals surface area contributed by atoms with Gasteiger partial charge in [0.15, 0.2) is 0 Å². The highest BCUT2D eigenvalue weighted by atomic mass is 15.3. The maximum atomic E-state index is 4.77. The smallest absolute Gasteiger partial charge is 0.149 e. The van der Waals surface area contributed by atoms with Crippen LogP contribution in [0.5, 0.6) is 0 Å². The monoisotopic (exact) mass is 278 g/mol. The van der Waals surface area contributed by atoms with Gasteiger partial charge in [-0.05, 0) is 43.5 Å². The van der Waals surface area contributed by atoms with Crippen molar-refractivity contribution >= 4 is 12.1 Å². The van der Waals surface area contributed by atoms with Gasteiger partial charge in [-0.1, -0.05) is 24.3 Å². The van der Waals surface area contributed by atoms with Crippen LogP contribution in [-0.4, -0.2) is 22.6 Å². The van der Waals surface area contributed by atoms with E-state index in [1.54, 1.807) is 18.6 Å². The van der Waals surface area contributed by atoms with Crippen molar-refractivity contribution in [3.05, 3.63) is 65.5 Å². The van der Waals surface area contributed by atoms with Crippen LogP contribution in [0.4, 0.5) is 0 Å². The molecule has 1 N–H and O–H groups in total. The Morgan fingerprint density at radius 3 is 2.71 bits per heavy atom. The minimum Gasteiger partial charge on any atom is -0.265 e. The second-order valence-corrected chi connectivity index (χ2v) is 5.76. The fourth-order valence-corrected chi connectivity index (χ4v) is 2.48. The summed E-state index contributed by atoms with van der Waals surface area (Å²) in [6.45, 7) is 4.27. The lowest BCUT2D eigenvalue weighted by atomic mass is 9.89. The molecule has 0 atom stereocenters. The summed E-state index contributed by atoms with van der Waals surface area (Å²) < 4.78 is 0. The molecular formula is C17H18N4. The van der Waals surface area contributed by atoms with Crippen molar-refractivity contribution in [3.8, 4) is 0 Å². The molecule has 2 heterocycles. The average Bonchev–Trinajstić information content (AvgIpc) is 2.47. The van der Waals surface area contributed by atoms with Crippen molar-refractivity contribution in [2.24, 2.45) is 10.1 Å². The largest absolute Gasteiger partial charge is 0.265 e. The number of fused-ring (bicyclic) bond motifs is 1. The summed E-state index contributed by atoms with van der Waals surface area (Å²) in [5.41, 5.74) is 6.41. The Balaban J connectivity index is 1.83. The molecule has 0 unspecified atom stereocenters. The van der Waals surface area contributed by atoms with Crippen LogP contribution in [0, 0.1) is 0 Å². The number of nitrogens with one attached hydrogen (secondary N) is 1. The highest BCUT2D eigenvalue weighted by Crippen LogP contribution is 2.25. The highest BCUT2D eigenvalue weighted by molar-refractivity contribution is 6.01. The number of hydrogen-bond donors (Lipinski definition) is 1. The van der Waals surface area contributed by atoms with Crippen LogP contribution in [0.15, 0.2) is 58.9 Å². The van der Waals surface area contributed by atoms with E-state index in [0.29, 0.717) is 0 Å². The number of hydrazone groups is 1. The van der Waals surface area contributed by atoms with Gasteiger partial charge in [0.2, 0.25) is 0 Å². The van der Waals surface area contributed by atoms with Gasteiger partial charge in [0.05, 0.1) is 11.8 Å². The summed E-state index contributed by atoms with van der Waals surface area (Å²) in [4.78, 5) is 8.75. The van der Waals surface area contributed by atoms with E-state index >= 15 is 0 Å². The Morgan fingerprint density at radius 2 is 1.90 bits per heavy atom. The van der Waals surface area contributed by atoms with E-state index in [0.717, 1.165) is 23.4 Å². The molecule has 1 aliphatic heterocycles. The zero-order valence-electron chi connectivity index (χ0n) is 12.2. The minimum atomic E-state index is -0.108. The summed E-state index contributed by atoms with van der Waals surface area (Å²) in [6, 6.07) is 12.1. The number of nitrogens with zero attached hydrogens (tertiary/aromatic N) is 3. The number of hydrogen-bond acceptors (Lipinski definition) is 4. The van der Waals surface area contributed by atoms with Gasteiger partial charge in [-0.25, -0.2) is 0 Å². The van der Waals surface area contributed by atoms with Gasteiger partial charge in [-0.15, -0.1) is 0 Å². The quantitative estimate of drug-likeness (QED) is 0.678. The first-order chi connectivity index (χ1) is 10.1. The number of benzene rings is 1. The molecule has 0 bridgehead atoms. The van der Waals surface area contributed by atoms with E-state index in [1.165, 1.54) is 5.56 Å². The lowest BCUT2D eigenvalue weighted by Crippen LogP contribution is -2.34. The Kier molecular flexibility index (Phi) is 3.52. The van der Waals surface area contributed by atoms with Crippen LogP contribution in [0.1, 0.15) is 30.5 Å². The van der Waals surface area contributed by atoms with Gasteiger partial charge < -0.3 is 0 Å². The van der Waals surface area contributed by atoms with E-state index in [1.807, 2.05) is 18.2 Å². The average molecular weight is 278 g/mol. The first-order valence-electron chi connectivity index (χ1n) is 7.01. The Labute approximate surface area is 124 Å². The standard InChI is InChI=1S/C17H18N4/c1-17(2)11-14-5-3-4-6-15(14)16(20-17)21-19-12-13-7-9-18-10-8-13/h3-10,12H,11H2,1-2H3,(H,20,21)/b19-12-. The van der Waals surface area contributed by atoms with E-state index in [-0.39, 0.29) is 5.54 Å². The molecule has 0 radical (unpaired) electrons. The molecule has 106 valence electrons. The topological polar surface area (TPSA) is 49.6 Å². The molecule has 0 spiro atoms. The van der Waals surface area contributed by atoms with Gasteiger partial charge in [0.1, 0.15) is 5.84 Å². The van der Waals surface area contributed by atoms with Crippen LogP contribution in [0.2, 0.25) is 0 Å². The van der Waals surface area contributed by atoms with Crippen LogP contribution < -0.4 is 5.43 Å². The normalized spacial score (nSPS) is 16.4. The van der Waals surface area contributed by atoms with Crippen molar-refractivity contribution in [2.75, 3.05) is 0 Å². The fourth-order valence-electron chi connectivity index (χ4n) is 2.48. The number of aliphatic imine (C=N–C) groups is 1. The maximum Gasteiger partial charge on any atom is 0.149 e. The van der Waals surface area contributed by atoms with Crippen LogP contribution in [0.3, 0.4) is 0 Å². The molecule has 0 fully saturated rings. The molecule has 3 rings (SSSR count). The number of aromatic nitrogens is 1. The SMILES string of the molecule is CC1(C)Cc2ccccc2C(N/N=C\c2ccncc2)=N1. The van der Waals surface area contributed by atoms with E-state index in [9.17, 15) is 0 Å². The highest BCUT2D eigenvalue weighted by Gasteiger charge is 2.26. The van der Waals surface area contributed by atoms with E-state index < -0.39 is 0 Å². The molecule has 4 heteroatoms. The van der Waals surface area contributed by atoms with Crippen molar-refractivity contribution in [1.29, 1.82) is 0 Å². The Morgan fingerprint density at radius 1 is 1.14 bits per heavy atom. The summed E-state index contributed by atoms with van der Waals surface area (Å²) in [5, 5.41) is 4.30. The Hall–Kier alpha value is -2.49. The van der Waals surface area contributed by atoms with E-state index in [4.69, 9.17) is 4.99 Å². The third kappa shape index (κ3) is 3.16. The second kappa shape index (κ2) is 5.48. The predicted molar refractivity (Wildman–Crippen MR) is 85.7 cm³/mol. The number of amidine groups is 1. The zero-order valence-corrected chi connectivity index (χ0v) is 12.2. The second-order valence-electron chi connectivity index (χ2n) is 5.76. The van der Waals surface area contributed by atoms with Gasteiger partial charge in [-0.3, -0.25) is 15.4 Å². The van der Waals surface area contributed by atoms with Crippen molar-refractivity contribution < 1.29 is 0 Å². The third-order valence-electron chi connectivity index (χ3n) is 3.40. The fraction of sp³-hybridized carbons (Fsp3) is 0.235. The van der Waals surface area contributed by atoms with Crippen molar-refractivity contribution in [3.63, 3.8) is 0 Å². The zero-order chi connectivity index (χ0) is 14.7. The molecule has 1 aromatic heterocycles. The molecule has 0 saturated carbocycles. The van der Waals surface area contributed by atoms with Gasteiger partial charge >= 0.3 is 0 Å². The molecule has 0 amide bonds. The summed E-state index contributed by atoms with van der Waals surface area (Å²) >= 11 is 0. The van der Waals surface area contributed by atoms with Crippen molar-refractivity contribution in [2.45, 2.75) is 25.8 Å². The summed E-state index contributed by atoms with van der Waals surface area (Å²) in [6.07, 6.45) is 6.21. The lowest BCUT2D eigenvalue weighted by molar-refractivity contribution is 0.509. The molecular weight excluding hydrogens is 260 g/mol. The third-order valence-corrected chi connectivity index (χ3v) is 3.40. The van der Waals surface area contributed by atoms with Gasteiger partial charge in [0.25, 0.3) is 0 Å². The van der Waals surface area contributed by atoms with Crippen LogP contribution in [0.25, 0.3) is 0 Å². The Bertz CT molecular complexity index is 687. The molecule has 4 nitrogen and oxygen atoms in total. The first-order valence-corrected chi connectivity index (χ1v) is 7.01. The maximum absolute atomic E-state index is 4.77. The van der Waals surface area contributed by atoms with Crippen molar-refractivity contribution in [1.82, 2.24) is 10.4 Å². The molecule has 2 aromatic rings. The number of rotatable bonds is 2. The van der Waals surface area contributed by atoms with Gasteiger partial charge in [-0.2, -0.15) is 5.10 Å². The molecule has 0 saturated heterocycles. The molecule has 0 aliphatic carbocycles. The summed E-state index contributed by atoms with van der Waals surface area (Å²) in [5.74, 6) is 0.826.